The number of hydrogen-bond acceptors (Lipinski definition) is 2. The summed E-state index contributed by atoms with van der Waals surface area (Å²) in [6.07, 6.45) is 0. The molecule has 3 nitrogen and oxygen atoms in total. The number of rotatable bonds is 4. The maximum atomic E-state index is 13.8. The molecule has 20 heavy (non-hydrogen) atoms. The molecule has 0 spiro atoms. The number of carbonyl (C=O) groups excluding carboxylic acids is 1. The third-order valence-corrected chi connectivity index (χ3v) is 3.20. The van der Waals surface area contributed by atoms with Gasteiger partial charge in [0.05, 0.1) is 0 Å². The topological polar surface area (TPSA) is 55.1 Å². The van der Waals surface area contributed by atoms with Gasteiger partial charge in [-0.15, -0.1) is 0 Å². The second kappa shape index (κ2) is 6.00. The number of amides is 1. The third kappa shape index (κ3) is 3.33. The summed E-state index contributed by atoms with van der Waals surface area (Å²) in [6.45, 7) is 0. The van der Waals surface area contributed by atoms with Gasteiger partial charge in [-0.25, -0.2) is 8.78 Å². The molecule has 2 rings (SSSR count). The molecule has 1 unspecified atom stereocenters. The van der Waals surface area contributed by atoms with Gasteiger partial charge < -0.3 is 11.1 Å². The van der Waals surface area contributed by atoms with E-state index >= 15 is 0 Å². The van der Waals surface area contributed by atoms with Crippen LogP contribution in [0.1, 0.15) is 11.6 Å². The van der Waals surface area contributed by atoms with Crippen molar-refractivity contribution in [2.45, 2.75) is 6.04 Å². The number of nitrogens with one attached hydrogen (secondary N) is 1. The summed E-state index contributed by atoms with van der Waals surface area (Å²) in [6, 6.07) is 8.55. The molecule has 0 aromatic heterocycles. The molecule has 104 valence electrons. The first-order valence-corrected chi connectivity index (χ1v) is 6.53. The standard InChI is InChI=1S/C14H11BrF2N2O/c15-8-1-6-12(17)11(7-8)13(14(18)20)19-10-4-2-9(16)3-5-10/h1-7,13,19H,(H2,18,20). The maximum absolute atomic E-state index is 13.8. The van der Waals surface area contributed by atoms with Crippen LogP contribution >= 0.6 is 15.9 Å². The van der Waals surface area contributed by atoms with Crippen LogP contribution in [-0.4, -0.2) is 5.91 Å². The van der Waals surface area contributed by atoms with Gasteiger partial charge in [0.2, 0.25) is 5.91 Å². The molecule has 0 aliphatic heterocycles. The lowest BCUT2D eigenvalue weighted by Gasteiger charge is -2.18. The molecular formula is C14H11BrF2N2O. The molecule has 3 N–H and O–H groups in total. The number of halogens is 3. The van der Waals surface area contributed by atoms with Crippen molar-refractivity contribution < 1.29 is 13.6 Å². The summed E-state index contributed by atoms with van der Waals surface area (Å²) in [4.78, 5) is 11.5. The fourth-order valence-electron chi connectivity index (χ4n) is 1.75. The monoisotopic (exact) mass is 340 g/mol. The highest BCUT2D eigenvalue weighted by Crippen LogP contribution is 2.25. The van der Waals surface area contributed by atoms with Gasteiger partial charge in [-0.2, -0.15) is 0 Å². The molecule has 1 amide bonds. The number of benzene rings is 2. The molecule has 0 fully saturated rings. The molecule has 1 atom stereocenters. The Balaban J connectivity index is 2.34. The van der Waals surface area contributed by atoms with Gasteiger partial charge in [-0.05, 0) is 42.5 Å². The summed E-state index contributed by atoms with van der Waals surface area (Å²) in [7, 11) is 0. The Morgan fingerprint density at radius 2 is 1.80 bits per heavy atom. The van der Waals surface area contributed by atoms with Gasteiger partial charge in [-0.1, -0.05) is 15.9 Å². The van der Waals surface area contributed by atoms with Gasteiger partial charge in [0, 0.05) is 15.7 Å². The average Bonchev–Trinajstić information content (AvgIpc) is 2.41. The van der Waals surface area contributed by atoms with E-state index < -0.39 is 23.6 Å². The summed E-state index contributed by atoms with van der Waals surface area (Å²) in [5.74, 6) is -1.68. The third-order valence-electron chi connectivity index (χ3n) is 2.71. The van der Waals surface area contributed by atoms with Crippen LogP contribution < -0.4 is 11.1 Å². The van der Waals surface area contributed by atoms with E-state index in [0.717, 1.165) is 0 Å². The van der Waals surface area contributed by atoms with Crippen molar-refractivity contribution in [3.05, 3.63) is 64.1 Å². The zero-order valence-electron chi connectivity index (χ0n) is 10.2. The predicted molar refractivity (Wildman–Crippen MR) is 76.1 cm³/mol. The van der Waals surface area contributed by atoms with E-state index in [1.807, 2.05) is 0 Å². The van der Waals surface area contributed by atoms with Crippen LogP contribution in [0.4, 0.5) is 14.5 Å². The summed E-state index contributed by atoms with van der Waals surface area (Å²) in [5, 5.41) is 2.79. The van der Waals surface area contributed by atoms with Crippen molar-refractivity contribution in [2.24, 2.45) is 5.73 Å². The first-order valence-electron chi connectivity index (χ1n) is 5.74. The number of primary amides is 1. The van der Waals surface area contributed by atoms with E-state index in [2.05, 4.69) is 21.2 Å². The molecule has 6 heteroatoms. The van der Waals surface area contributed by atoms with E-state index in [-0.39, 0.29) is 5.56 Å². The highest BCUT2D eigenvalue weighted by molar-refractivity contribution is 9.10. The Hall–Kier alpha value is -1.95. The molecule has 0 heterocycles. The zero-order chi connectivity index (χ0) is 14.7. The van der Waals surface area contributed by atoms with Crippen molar-refractivity contribution in [3.8, 4) is 0 Å². The van der Waals surface area contributed by atoms with Gasteiger partial charge in [0.15, 0.2) is 0 Å². The summed E-state index contributed by atoms with van der Waals surface area (Å²) < 4.78 is 27.3. The zero-order valence-corrected chi connectivity index (χ0v) is 11.8. The van der Waals surface area contributed by atoms with Crippen LogP contribution in [0.5, 0.6) is 0 Å². The lowest BCUT2D eigenvalue weighted by molar-refractivity contribution is -0.118. The molecule has 0 aliphatic rings. The van der Waals surface area contributed by atoms with Crippen molar-refractivity contribution in [1.29, 1.82) is 0 Å². The Morgan fingerprint density at radius 3 is 2.40 bits per heavy atom. The number of hydrogen-bond donors (Lipinski definition) is 2. The minimum atomic E-state index is -1.04. The van der Waals surface area contributed by atoms with Crippen LogP contribution in [0.3, 0.4) is 0 Å². The largest absolute Gasteiger partial charge is 0.370 e. The Kier molecular flexibility index (Phi) is 4.34. The predicted octanol–water partition coefficient (Wildman–Crippen LogP) is 3.37. The fraction of sp³-hybridized carbons (Fsp3) is 0.0714. The minimum absolute atomic E-state index is 0.121. The molecule has 0 bridgehead atoms. The summed E-state index contributed by atoms with van der Waals surface area (Å²) >= 11 is 3.21. The minimum Gasteiger partial charge on any atom is -0.370 e. The molecule has 0 aliphatic carbocycles. The van der Waals surface area contributed by atoms with E-state index in [0.29, 0.717) is 10.2 Å². The van der Waals surface area contributed by atoms with E-state index in [9.17, 15) is 13.6 Å². The molecule has 2 aromatic rings. The van der Waals surface area contributed by atoms with Crippen LogP contribution in [0.15, 0.2) is 46.9 Å². The van der Waals surface area contributed by atoms with Crippen molar-refractivity contribution >= 4 is 27.5 Å². The Bertz CT molecular complexity index is 632. The highest BCUT2D eigenvalue weighted by atomic mass is 79.9. The first kappa shape index (κ1) is 14.5. The fourth-order valence-corrected chi connectivity index (χ4v) is 2.13. The number of anilines is 1. The second-order valence-electron chi connectivity index (χ2n) is 4.15. The average molecular weight is 341 g/mol. The molecule has 2 aromatic carbocycles. The second-order valence-corrected chi connectivity index (χ2v) is 5.07. The smallest absolute Gasteiger partial charge is 0.244 e. The first-order chi connectivity index (χ1) is 9.47. The van der Waals surface area contributed by atoms with Crippen molar-refractivity contribution in [1.82, 2.24) is 0 Å². The van der Waals surface area contributed by atoms with E-state index in [1.54, 1.807) is 0 Å². The van der Waals surface area contributed by atoms with Crippen LogP contribution in [-0.2, 0) is 4.79 Å². The van der Waals surface area contributed by atoms with Gasteiger partial charge >= 0.3 is 0 Å². The maximum Gasteiger partial charge on any atom is 0.244 e. The van der Waals surface area contributed by atoms with Crippen LogP contribution in [0.2, 0.25) is 0 Å². The molecular weight excluding hydrogens is 330 g/mol. The van der Waals surface area contributed by atoms with Crippen LogP contribution in [0, 0.1) is 11.6 Å². The van der Waals surface area contributed by atoms with Gasteiger partial charge in [0.25, 0.3) is 0 Å². The lowest BCUT2D eigenvalue weighted by atomic mass is 10.1. The van der Waals surface area contributed by atoms with Crippen molar-refractivity contribution in [3.63, 3.8) is 0 Å². The SMILES string of the molecule is NC(=O)C(Nc1ccc(F)cc1)c1cc(Br)ccc1F. The van der Waals surface area contributed by atoms with Crippen molar-refractivity contribution in [2.75, 3.05) is 5.32 Å². The van der Waals surface area contributed by atoms with E-state index in [4.69, 9.17) is 5.73 Å². The lowest BCUT2D eigenvalue weighted by Crippen LogP contribution is -2.28. The van der Waals surface area contributed by atoms with Gasteiger partial charge in [0.1, 0.15) is 17.7 Å². The van der Waals surface area contributed by atoms with Crippen LogP contribution in [0.25, 0.3) is 0 Å². The number of carbonyl (C=O) groups is 1. The normalized spacial score (nSPS) is 11.9. The van der Waals surface area contributed by atoms with E-state index in [1.165, 1.54) is 42.5 Å². The van der Waals surface area contributed by atoms with Gasteiger partial charge in [-0.3, -0.25) is 4.79 Å². The number of nitrogens with two attached hydrogens (primary N) is 1. The Labute approximate surface area is 122 Å². The molecule has 0 radical (unpaired) electrons. The highest BCUT2D eigenvalue weighted by Gasteiger charge is 2.21. The Morgan fingerprint density at radius 1 is 1.15 bits per heavy atom. The molecule has 0 saturated heterocycles. The summed E-state index contributed by atoms with van der Waals surface area (Å²) in [5.41, 5.74) is 5.90. The quantitative estimate of drug-likeness (QED) is 0.896. The molecule has 0 saturated carbocycles.